The second-order valence-electron chi connectivity index (χ2n) is 8.39. The lowest BCUT2D eigenvalue weighted by atomic mass is 9.94. The van der Waals surface area contributed by atoms with Crippen LogP contribution in [-0.4, -0.2) is 45.8 Å². The summed E-state index contributed by atoms with van der Waals surface area (Å²) in [6, 6.07) is 21.8. The van der Waals surface area contributed by atoms with Crippen LogP contribution in [0.15, 0.2) is 60.7 Å². The van der Waals surface area contributed by atoms with Crippen LogP contribution in [0.4, 0.5) is 0 Å². The first kappa shape index (κ1) is 19.4. The zero-order valence-electron chi connectivity index (χ0n) is 17.4. The van der Waals surface area contributed by atoms with Gasteiger partial charge in [-0.3, -0.25) is 5.43 Å². The van der Waals surface area contributed by atoms with Gasteiger partial charge < -0.3 is 9.47 Å². The molecule has 0 aliphatic carbocycles. The molecule has 1 saturated heterocycles. The summed E-state index contributed by atoms with van der Waals surface area (Å²) >= 11 is 0. The van der Waals surface area contributed by atoms with Crippen molar-refractivity contribution in [2.75, 3.05) is 26.2 Å². The number of benzene rings is 2. The summed E-state index contributed by atoms with van der Waals surface area (Å²) in [6.45, 7) is 5.19. The van der Waals surface area contributed by atoms with Crippen LogP contribution in [0.1, 0.15) is 28.8 Å². The Balaban J connectivity index is 1.20. The van der Waals surface area contributed by atoms with E-state index in [1.54, 1.807) is 0 Å². The van der Waals surface area contributed by atoms with Crippen molar-refractivity contribution >= 4 is 0 Å². The highest BCUT2D eigenvalue weighted by molar-refractivity contribution is 5.21. The van der Waals surface area contributed by atoms with Crippen LogP contribution in [0.5, 0.6) is 0 Å². The predicted octanol–water partition coefficient (Wildman–Crippen LogP) is 2.39. The van der Waals surface area contributed by atoms with E-state index in [1.165, 1.54) is 11.1 Å². The molecule has 0 bridgehead atoms. The molecule has 0 radical (unpaired) electrons. The van der Waals surface area contributed by atoms with Gasteiger partial charge in [-0.2, -0.15) is 0 Å². The first-order valence-electron chi connectivity index (χ1n) is 11.1. The molecule has 2 N–H and O–H groups in total. The molecule has 0 saturated carbocycles. The molecule has 2 atom stereocenters. The third-order valence-electron chi connectivity index (χ3n) is 6.42. The topological polar surface area (TPSA) is 58.0 Å². The van der Waals surface area contributed by atoms with Crippen molar-refractivity contribution in [3.8, 4) is 0 Å². The monoisotopic (exact) mass is 402 g/mol. The van der Waals surface area contributed by atoms with Crippen LogP contribution in [0.3, 0.4) is 0 Å². The van der Waals surface area contributed by atoms with Gasteiger partial charge in [-0.25, -0.2) is 5.43 Å². The molecule has 6 nitrogen and oxygen atoms in total. The summed E-state index contributed by atoms with van der Waals surface area (Å²) in [5.41, 5.74) is 9.58. The molecule has 2 aromatic carbocycles. The van der Waals surface area contributed by atoms with E-state index in [0.29, 0.717) is 12.0 Å². The summed E-state index contributed by atoms with van der Waals surface area (Å²) in [6.07, 6.45) is 2.94. The number of rotatable bonds is 6. The Morgan fingerprint density at radius 3 is 2.50 bits per heavy atom. The molecule has 6 heteroatoms. The van der Waals surface area contributed by atoms with Crippen molar-refractivity contribution in [2.45, 2.75) is 31.8 Å². The van der Waals surface area contributed by atoms with E-state index in [4.69, 9.17) is 0 Å². The van der Waals surface area contributed by atoms with Gasteiger partial charge in [0, 0.05) is 51.5 Å². The normalized spacial score (nSPS) is 22.0. The maximum atomic E-state index is 4.52. The molecule has 3 heterocycles. The second-order valence-corrected chi connectivity index (χ2v) is 8.39. The van der Waals surface area contributed by atoms with Crippen LogP contribution in [-0.2, 0) is 25.8 Å². The molecule has 2 unspecified atom stereocenters. The van der Waals surface area contributed by atoms with E-state index in [9.17, 15) is 0 Å². The maximum absolute atomic E-state index is 4.52. The Bertz CT molecular complexity index is 939. The van der Waals surface area contributed by atoms with Gasteiger partial charge in [-0.15, -0.1) is 10.2 Å². The lowest BCUT2D eigenvalue weighted by Gasteiger charge is -2.26. The van der Waals surface area contributed by atoms with E-state index in [0.717, 1.165) is 63.6 Å². The van der Waals surface area contributed by atoms with Gasteiger partial charge in [0.2, 0.25) is 0 Å². The van der Waals surface area contributed by atoms with Gasteiger partial charge in [0.25, 0.3) is 0 Å². The predicted molar refractivity (Wildman–Crippen MR) is 118 cm³/mol. The summed E-state index contributed by atoms with van der Waals surface area (Å²) in [4.78, 5) is 2.60. The Hall–Kier alpha value is -2.54. The molecular formula is C24H30N6. The van der Waals surface area contributed by atoms with Crippen LogP contribution >= 0.6 is 0 Å². The van der Waals surface area contributed by atoms with Gasteiger partial charge in [-0.05, 0) is 17.5 Å². The Morgan fingerprint density at radius 1 is 0.867 bits per heavy atom. The number of aryl methyl sites for hydroxylation is 2. The summed E-state index contributed by atoms with van der Waals surface area (Å²) in [7, 11) is 0. The SMILES string of the molecule is c1ccc(CCc2nnc3n2CCN(CC2CNNC2c2ccccc2)CC3)cc1. The third-order valence-corrected chi connectivity index (χ3v) is 6.42. The molecule has 0 amide bonds. The summed E-state index contributed by atoms with van der Waals surface area (Å²) in [5.74, 6) is 2.83. The number of hydrogen-bond acceptors (Lipinski definition) is 5. The van der Waals surface area contributed by atoms with Gasteiger partial charge in [0.15, 0.2) is 0 Å². The van der Waals surface area contributed by atoms with Crippen LogP contribution < -0.4 is 10.9 Å². The Labute approximate surface area is 178 Å². The van der Waals surface area contributed by atoms with Crippen molar-refractivity contribution in [3.63, 3.8) is 0 Å². The molecule has 2 aliphatic rings. The zero-order valence-corrected chi connectivity index (χ0v) is 17.4. The first-order chi connectivity index (χ1) is 14.9. The highest BCUT2D eigenvalue weighted by Crippen LogP contribution is 2.26. The third kappa shape index (κ3) is 4.31. The van der Waals surface area contributed by atoms with E-state index in [1.807, 2.05) is 0 Å². The number of nitrogens with zero attached hydrogens (tertiary/aromatic N) is 4. The fourth-order valence-corrected chi connectivity index (χ4v) is 4.75. The quantitative estimate of drug-likeness (QED) is 0.663. The van der Waals surface area contributed by atoms with E-state index < -0.39 is 0 Å². The fourth-order valence-electron chi connectivity index (χ4n) is 4.75. The molecule has 1 fully saturated rings. The highest BCUT2D eigenvalue weighted by atomic mass is 15.4. The summed E-state index contributed by atoms with van der Waals surface area (Å²) in [5, 5.41) is 9.03. The molecular weight excluding hydrogens is 372 g/mol. The van der Waals surface area contributed by atoms with E-state index in [-0.39, 0.29) is 0 Å². The van der Waals surface area contributed by atoms with Crippen molar-refractivity contribution in [3.05, 3.63) is 83.4 Å². The maximum Gasteiger partial charge on any atom is 0.134 e. The number of hydrazine groups is 1. The molecule has 1 aromatic heterocycles. The van der Waals surface area contributed by atoms with Crippen molar-refractivity contribution in [2.24, 2.45) is 5.92 Å². The minimum absolute atomic E-state index is 0.370. The lowest BCUT2D eigenvalue weighted by Crippen LogP contribution is -2.35. The minimum atomic E-state index is 0.370. The molecule has 156 valence electrons. The van der Waals surface area contributed by atoms with E-state index in [2.05, 4.69) is 91.2 Å². The van der Waals surface area contributed by atoms with Gasteiger partial charge in [0.1, 0.15) is 11.6 Å². The molecule has 3 aromatic rings. The average molecular weight is 403 g/mol. The van der Waals surface area contributed by atoms with Gasteiger partial charge in [0.05, 0.1) is 6.04 Å². The van der Waals surface area contributed by atoms with Crippen molar-refractivity contribution in [1.82, 2.24) is 30.5 Å². The van der Waals surface area contributed by atoms with Gasteiger partial charge >= 0.3 is 0 Å². The Kier molecular flexibility index (Phi) is 5.88. The van der Waals surface area contributed by atoms with Crippen LogP contribution in [0, 0.1) is 5.92 Å². The standard InChI is InChI=1S/C24H30N6/c1-3-7-19(8-4-1)11-12-22-26-27-23-13-14-29(15-16-30(22)23)18-21-17-25-28-24(21)20-9-5-2-6-10-20/h1-10,21,24-25,28H,11-18H2. The average Bonchev–Trinajstić information content (AvgIpc) is 3.37. The number of nitrogens with one attached hydrogen (secondary N) is 2. The van der Waals surface area contributed by atoms with Gasteiger partial charge in [-0.1, -0.05) is 60.7 Å². The van der Waals surface area contributed by atoms with Crippen molar-refractivity contribution < 1.29 is 0 Å². The summed E-state index contributed by atoms with van der Waals surface area (Å²) < 4.78 is 2.36. The fraction of sp³-hybridized carbons (Fsp3) is 0.417. The number of hydrogen-bond donors (Lipinski definition) is 2. The number of aromatic nitrogens is 3. The highest BCUT2D eigenvalue weighted by Gasteiger charge is 2.30. The van der Waals surface area contributed by atoms with Crippen molar-refractivity contribution in [1.29, 1.82) is 0 Å². The minimum Gasteiger partial charge on any atom is -0.314 e. The largest absolute Gasteiger partial charge is 0.314 e. The molecule has 5 rings (SSSR count). The molecule has 2 aliphatic heterocycles. The van der Waals surface area contributed by atoms with Crippen LogP contribution in [0.2, 0.25) is 0 Å². The second kappa shape index (κ2) is 9.08. The molecule has 0 spiro atoms. The Morgan fingerprint density at radius 2 is 1.67 bits per heavy atom. The zero-order chi connectivity index (χ0) is 20.2. The molecule has 30 heavy (non-hydrogen) atoms. The smallest absolute Gasteiger partial charge is 0.134 e. The van der Waals surface area contributed by atoms with E-state index >= 15 is 0 Å². The number of fused-ring (bicyclic) bond motifs is 1. The lowest BCUT2D eigenvalue weighted by molar-refractivity contribution is 0.229. The van der Waals surface area contributed by atoms with Crippen LogP contribution in [0.25, 0.3) is 0 Å². The first-order valence-corrected chi connectivity index (χ1v) is 11.1.